The minimum Gasteiger partial charge on any atom is -0.394 e. The maximum absolute atomic E-state index is 12.2. The van der Waals surface area contributed by atoms with Gasteiger partial charge in [-0.3, -0.25) is 14.9 Å². The molecule has 0 aliphatic carbocycles. The number of H-pyrrole nitrogens is 1. The molecule has 7 nitrogen and oxygen atoms in total. The fraction of sp³-hybridized carbons (Fsp3) is 0.545. The topological polar surface area (TPSA) is 99.5 Å². The summed E-state index contributed by atoms with van der Waals surface area (Å²) in [5, 5.41) is 19.8. The van der Waals surface area contributed by atoms with E-state index in [9.17, 15) is 20.0 Å². The summed E-state index contributed by atoms with van der Waals surface area (Å²) in [4.78, 5) is 26.3. The summed E-state index contributed by atoms with van der Waals surface area (Å²) in [6.07, 6.45) is 2.03. The van der Waals surface area contributed by atoms with Gasteiger partial charge in [0.2, 0.25) is 0 Å². The smallest absolute Gasteiger partial charge is 0.287 e. The molecule has 0 aromatic carbocycles. The first kappa shape index (κ1) is 12.6. The van der Waals surface area contributed by atoms with Gasteiger partial charge in [-0.05, 0) is 12.3 Å². The number of hydrogen-bond acceptors (Lipinski definition) is 4. The second-order valence-electron chi connectivity index (χ2n) is 4.54. The van der Waals surface area contributed by atoms with Gasteiger partial charge in [-0.2, -0.15) is 0 Å². The van der Waals surface area contributed by atoms with E-state index in [4.69, 9.17) is 0 Å². The van der Waals surface area contributed by atoms with Gasteiger partial charge in [0, 0.05) is 12.6 Å². The zero-order valence-corrected chi connectivity index (χ0v) is 10.00. The van der Waals surface area contributed by atoms with Gasteiger partial charge in [0.05, 0.1) is 23.8 Å². The van der Waals surface area contributed by atoms with Crippen molar-refractivity contribution in [2.45, 2.75) is 19.4 Å². The number of aliphatic hydroxyl groups is 1. The Labute approximate surface area is 104 Å². The molecule has 0 radical (unpaired) electrons. The van der Waals surface area contributed by atoms with Crippen molar-refractivity contribution < 1.29 is 14.8 Å². The number of aliphatic hydroxyl groups excluding tert-OH is 1. The summed E-state index contributed by atoms with van der Waals surface area (Å²) >= 11 is 0. The van der Waals surface area contributed by atoms with Gasteiger partial charge in [0.1, 0.15) is 5.69 Å². The van der Waals surface area contributed by atoms with E-state index in [-0.39, 0.29) is 35.9 Å². The van der Waals surface area contributed by atoms with Crippen LogP contribution in [-0.2, 0) is 0 Å². The minimum absolute atomic E-state index is 0.0876. The molecule has 2 atom stereocenters. The number of aromatic amines is 1. The number of nitro groups is 1. The molecule has 7 heteroatoms. The summed E-state index contributed by atoms with van der Waals surface area (Å²) < 4.78 is 0. The third-order valence-electron chi connectivity index (χ3n) is 3.44. The number of likely N-dealkylation sites (tertiary alicyclic amines) is 1. The van der Waals surface area contributed by atoms with E-state index in [2.05, 4.69) is 4.98 Å². The van der Waals surface area contributed by atoms with Crippen LogP contribution in [0.4, 0.5) is 5.69 Å². The zero-order valence-electron chi connectivity index (χ0n) is 10.00. The first-order valence-electron chi connectivity index (χ1n) is 5.79. The van der Waals surface area contributed by atoms with Crippen LogP contribution >= 0.6 is 0 Å². The number of carbonyl (C=O) groups is 1. The third-order valence-corrected chi connectivity index (χ3v) is 3.44. The molecule has 18 heavy (non-hydrogen) atoms. The fourth-order valence-corrected chi connectivity index (χ4v) is 2.31. The predicted molar refractivity (Wildman–Crippen MR) is 63.1 cm³/mol. The van der Waals surface area contributed by atoms with Crippen LogP contribution in [0, 0.1) is 16.0 Å². The molecule has 1 aromatic rings. The van der Waals surface area contributed by atoms with Crippen LogP contribution in [0.5, 0.6) is 0 Å². The normalized spacial score (nSPS) is 23.3. The van der Waals surface area contributed by atoms with Crippen molar-refractivity contribution in [2.24, 2.45) is 5.92 Å². The molecule has 1 aromatic heterocycles. The number of nitrogens with one attached hydrogen (secondary N) is 1. The maximum Gasteiger partial charge on any atom is 0.287 e. The van der Waals surface area contributed by atoms with Crippen LogP contribution in [0.3, 0.4) is 0 Å². The molecule has 1 amide bonds. The van der Waals surface area contributed by atoms with Crippen LogP contribution < -0.4 is 0 Å². The van der Waals surface area contributed by atoms with E-state index >= 15 is 0 Å². The molecule has 0 spiro atoms. The van der Waals surface area contributed by atoms with Crippen LogP contribution in [0.15, 0.2) is 12.3 Å². The number of nitrogens with zero attached hydrogens (tertiary/aromatic N) is 2. The molecule has 2 rings (SSSR count). The quantitative estimate of drug-likeness (QED) is 0.613. The monoisotopic (exact) mass is 253 g/mol. The van der Waals surface area contributed by atoms with Crippen molar-refractivity contribution in [3.05, 3.63) is 28.1 Å². The van der Waals surface area contributed by atoms with Gasteiger partial charge in [0.25, 0.3) is 11.6 Å². The highest BCUT2D eigenvalue weighted by Crippen LogP contribution is 2.25. The first-order valence-corrected chi connectivity index (χ1v) is 5.79. The van der Waals surface area contributed by atoms with E-state index in [0.717, 1.165) is 6.42 Å². The molecule has 98 valence electrons. The van der Waals surface area contributed by atoms with Crippen molar-refractivity contribution in [3.63, 3.8) is 0 Å². The summed E-state index contributed by atoms with van der Waals surface area (Å²) in [5.74, 6) is -0.0598. The molecule has 2 heterocycles. The second-order valence-corrected chi connectivity index (χ2v) is 4.54. The molecule has 0 saturated carbocycles. The van der Waals surface area contributed by atoms with Crippen LogP contribution in [0.2, 0.25) is 0 Å². The third kappa shape index (κ3) is 2.08. The number of aromatic nitrogens is 1. The summed E-state index contributed by atoms with van der Waals surface area (Å²) in [5.41, 5.74) is 0.0559. The van der Waals surface area contributed by atoms with Gasteiger partial charge in [-0.15, -0.1) is 0 Å². The van der Waals surface area contributed by atoms with Gasteiger partial charge in [0.15, 0.2) is 0 Å². The fourth-order valence-electron chi connectivity index (χ4n) is 2.31. The molecular formula is C11H15N3O4. The highest BCUT2D eigenvalue weighted by molar-refractivity contribution is 5.93. The Kier molecular flexibility index (Phi) is 3.33. The minimum atomic E-state index is -0.552. The SMILES string of the molecule is CC1CCN(C(=O)c2cc([N+](=O)[O-])c[nH]2)C1CO. The van der Waals surface area contributed by atoms with Crippen LogP contribution in [0.1, 0.15) is 23.8 Å². The number of rotatable bonds is 3. The van der Waals surface area contributed by atoms with Crippen LogP contribution in [0.25, 0.3) is 0 Å². The van der Waals surface area contributed by atoms with Gasteiger partial charge in [-0.25, -0.2) is 0 Å². The van der Waals surface area contributed by atoms with E-state index in [1.807, 2.05) is 6.92 Å². The van der Waals surface area contributed by atoms with Crippen molar-refractivity contribution >= 4 is 11.6 Å². The Hall–Kier alpha value is -1.89. The molecule has 1 aliphatic rings. The Morgan fingerprint density at radius 2 is 2.44 bits per heavy atom. The number of carbonyl (C=O) groups excluding carboxylic acids is 1. The molecule has 1 fully saturated rings. The van der Waals surface area contributed by atoms with Crippen molar-refractivity contribution in [3.8, 4) is 0 Å². The summed E-state index contributed by atoms with van der Waals surface area (Å²) in [7, 11) is 0. The molecule has 1 aliphatic heterocycles. The van der Waals surface area contributed by atoms with Gasteiger partial charge < -0.3 is 15.0 Å². The predicted octanol–water partition coefficient (Wildman–Crippen LogP) is 0.766. The highest BCUT2D eigenvalue weighted by atomic mass is 16.6. The molecule has 0 bridgehead atoms. The summed E-state index contributed by atoms with van der Waals surface area (Å²) in [6, 6.07) is 1.01. The lowest BCUT2D eigenvalue weighted by atomic mass is 10.0. The highest BCUT2D eigenvalue weighted by Gasteiger charge is 2.35. The van der Waals surface area contributed by atoms with Gasteiger partial charge >= 0.3 is 0 Å². The van der Waals surface area contributed by atoms with Gasteiger partial charge in [-0.1, -0.05) is 6.92 Å². The van der Waals surface area contributed by atoms with E-state index < -0.39 is 4.92 Å². The first-order chi connectivity index (χ1) is 8.54. The average molecular weight is 253 g/mol. The number of amides is 1. The zero-order chi connectivity index (χ0) is 13.3. The van der Waals surface area contributed by atoms with Crippen molar-refractivity contribution in [2.75, 3.05) is 13.2 Å². The van der Waals surface area contributed by atoms with E-state index in [1.165, 1.54) is 12.3 Å². The average Bonchev–Trinajstić information content (AvgIpc) is 2.94. The summed E-state index contributed by atoms with van der Waals surface area (Å²) in [6.45, 7) is 2.46. The lowest BCUT2D eigenvalue weighted by molar-refractivity contribution is -0.384. The molecule has 2 N–H and O–H groups in total. The Bertz CT molecular complexity index is 471. The second kappa shape index (κ2) is 4.77. The van der Waals surface area contributed by atoms with E-state index in [0.29, 0.717) is 6.54 Å². The largest absolute Gasteiger partial charge is 0.394 e. The lowest BCUT2D eigenvalue weighted by Crippen LogP contribution is -2.39. The number of hydrogen-bond donors (Lipinski definition) is 2. The lowest BCUT2D eigenvalue weighted by Gasteiger charge is -2.24. The molecular weight excluding hydrogens is 238 g/mol. The molecule has 1 saturated heterocycles. The Balaban J connectivity index is 2.18. The van der Waals surface area contributed by atoms with E-state index in [1.54, 1.807) is 4.90 Å². The standard InChI is InChI=1S/C11H15N3O4/c1-7-2-3-13(10(7)6-15)11(16)9-4-8(5-12-9)14(17)18/h4-5,7,10,12,15H,2-3,6H2,1H3. The Morgan fingerprint density at radius 1 is 1.72 bits per heavy atom. The van der Waals surface area contributed by atoms with Crippen molar-refractivity contribution in [1.29, 1.82) is 0 Å². The molecule has 2 unspecified atom stereocenters. The maximum atomic E-state index is 12.2. The van der Waals surface area contributed by atoms with Crippen LogP contribution in [-0.4, -0.2) is 45.0 Å². The van der Waals surface area contributed by atoms with Crippen molar-refractivity contribution in [1.82, 2.24) is 9.88 Å². The Morgan fingerprint density at radius 3 is 3.00 bits per heavy atom.